The fourth-order valence-corrected chi connectivity index (χ4v) is 2.48. The molecule has 8 heteroatoms. The summed E-state index contributed by atoms with van der Waals surface area (Å²) in [5.41, 5.74) is 0. The molecule has 2 N–H and O–H groups in total. The van der Waals surface area contributed by atoms with Gasteiger partial charge in [0.2, 0.25) is 5.89 Å². The quantitative estimate of drug-likeness (QED) is 0.819. The Kier molecular flexibility index (Phi) is 4.56. The first-order chi connectivity index (χ1) is 9.88. The number of carboxylic acid groups (broad SMARTS) is 2. The topological polar surface area (TPSA) is 117 Å². The van der Waals surface area contributed by atoms with E-state index < -0.39 is 23.8 Å². The summed E-state index contributed by atoms with van der Waals surface area (Å²) >= 11 is 0. The zero-order valence-corrected chi connectivity index (χ0v) is 12.0. The van der Waals surface area contributed by atoms with E-state index in [0.29, 0.717) is 31.2 Å². The molecule has 21 heavy (non-hydrogen) atoms. The summed E-state index contributed by atoms with van der Waals surface area (Å²) in [6.07, 6.45) is 0.307. The minimum atomic E-state index is -1.08. The van der Waals surface area contributed by atoms with Gasteiger partial charge in [0, 0.05) is 12.5 Å². The Morgan fingerprint density at radius 3 is 2.52 bits per heavy atom. The van der Waals surface area contributed by atoms with Crippen LogP contribution in [0.5, 0.6) is 0 Å². The Bertz CT molecular complexity index is 528. The Morgan fingerprint density at radius 1 is 1.33 bits per heavy atom. The first-order valence-electron chi connectivity index (χ1n) is 6.89. The minimum absolute atomic E-state index is 0.135. The summed E-state index contributed by atoms with van der Waals surface area (Å²) < 4.78 is 5.10. The maximum Gasteiger partial charge on any atom is 0.308 e. The van der Waals surface area contributed by atoms with E-state index >= 15 is 0 Å². The maximum absolute atomic E-state index is 11.2. The van der Waals surface area contributed by atoms with Gasteiger partial charge in [0.25, 0.3) is 0 Å². The van der Waals surface area contributed by atoms with Gasteiger partial charge in [-0.25, -0.2) is 0 Å². The highest BCUT2D eigenvalue weighted by Gasteiger charge is 2.38. The van der Waals surface area contributed by atoms with Gasteiger partial charge in [-0.15, -0.1) is 0 Å². The van der Waals surface area contributed by atoms with Gasteiger partial charge in [-0.3, -0.25) is 14.5 Å². The van der Waals surface area contributed by atoms with Crippen LogP contribution < -0.4 is 0 Å². The molecule has 1 saturated heterocycles. The second-order valence-corrected chi connectivity index (χ2v) is 5.62. The van der Waals surface area contributed by atoms with E-state index in [0.717, 1.165) is 0 Å². The summed E-state index contributed by atoms with van der Waals surface area (Å²) in [6, 6.07) is 0. The molecule has 2 rings (SSSR count). The third-order valence-electron chi connectivity index (χ3n) is 3.67. The molecule has 0 aliphatic carbocycles. The van der Waals surface area contributed by atoms with Crippen LogP contribution in [0.15, 0.2) is 4.52 Å². The predicted octanol–water partition coefficient (Wildman–Crippen LogP) is 0.800. The molecule has 8 nitrogen and oxygen atoms in total. The van der Waals surface area contributed by atoms with Crippen molar-refractivity contribution in [3.8, 4) is 0 Å². The van der Waals surface area contributed by atoms with Crippen LogP contribution in [-0.2, 0) is 16.1 Å². The van der Waals surface area contributed by atoms with Crippen molar-refractivity contribution >= 4 is 11.9 Å². The number of piperidine rings is 1. The highest BCUT2D eigenvalue weighted by Crippen LogP contribution is 2.25. The van der Waals surface area contributed by atoms with Crippen LogP contribution in [0.3, 0.4) is 0 Å². The van der Waals surface area contributed by atoms with Crippen molar-refractivity contribution in [2.75, 3.05) is 13.1 Å². The lowest BCUT2D eigenvalue weighted by molar-refractivity contribution is -0.157. The van der Waals surface area contributed by atoms with E-state index in [1.165, 1.54) is 0 Å². The van der Waals surface area contributed by atoms with Gasteiger partial charge in [-0.2, -0.15) is 4.98 Å². The number of rotatable bonds is 5. The minimum Gasteiger partial charge on any atom is -0.481 e. The highest BCUT2D eigenvalue weighted by atomic mass is 16.5. The first-order valence-corrected chi connectivity index (χ1v) is 6.89. The Morgan fingerprint density at radius 2 is 2.00 bits per heavy atom. The van der Waals surface area contributed by atoms with Crippen LogP contribution in [0.25, 0.3) is 0 Å². The van der Waals surface area contributed by atoms with E-state index in [2.05, 4.69) is 10.1 Å². The van der Waals surface area contributed by atoms with Crippen LogP contribution >= 0.6 is 0 Å². The number of hydrogen-bond acceptors (Lipinski definition) is 6. The lowest BCUT2D eigenvalue weighted by atomic mass is 9.85. The molecule has 0 saturated carbocycles. The van der Waals surface area contributed by atoms with Crippen LogP contribution in [0.2, 0.25) is 0 Å². The summed E-state index contributed by atoms with van der Waals surface area (Å²) in [4.78, 5) is 28.4. The number of carbonyl (C=O) groups is 2. The number of nitrogens with zero attached hydrogens (tertiary/aromatic N) is 3. The second kappa shape index (κ2) is 6.21. The third kappa shape index (κ3) is 3.57. The molecule has 0 aromatic carbocycles. The Labute approximate surface area is 121 Å². The third-order valence-corrected chi connectivity index (χ3v) is 3.67. The molecular weight excluding hydrogens is 278 g/mol. The molecule has 0 amide bonds. The van der Waals surface area contributed by atoms with Crippen molar-refractivity contribution < 1.29 is 24.3 Å². The molecule has 0 radical (unpaired) electrons. The molecule has 2 unspecified atom stereocenters. The summed E-state index contributed by atoms with van der Waals surface area (Å²) in [7, 11) is 0. The summed E-state index contributed by atoms with van der Waals surface area (Å²) in [5, 5.41) is 22.1. The Hall–Kier alpha value is -1.96. The van der Waals surface area contributed by atoms with Crippen molar-refractivity contribution in [3.63, 3.8) is 0 Å². The summed E-state index contributed by atoms with van der Waals surface area (Å²) in [5.74, 6) is -2.71. The zero-order valence-electron chi connectivity index (χ0n) is 12.0. The monoisotopic (exact) mass is 297 g/mol. The van der Waals surface area contributed by atoms with Crippen molar-refractivity contribution in [2.45, 2.75) is 32.7 Å². The van der Waals surface area contributed by atoms with Gasteiger partial charge in [-0.1, -0.05) is 19.0 Å². The second-order valence-electron chi connectivity index (χ2n) is 5.62. The molecule has 0 bridgehead atoms. The average molecular weight is 297 g/mol. The molecule has 1 aliphatic rings. The normalized spacial score (nSPS) is 23.4. The van der Waals surface area contributed by atoms with E-state index in [1.54, 1.807) is 0 Å². The molecule has 116 valence electrons. The smallest absolute Gasteiger partial charge is 0.308 e. The molecule has 1 fully saturated rings. The van der Waals surface area contributed by atoms with Crippen LogP contribution in [0.4, 0.5) is 0 Å². The summed E-state index contributed by atoms with van der Waals surface area (Å²) in [6.45, 7) is 4.93. The van der Waals surface area contributed by atoms with Crippen LogP contribution in [-0.4, -0.2) is 50.3 Å². The Balaban J connectivity index is 2.02. The standard InChI is InChI=1S/C13H19N3O5/c1-7(2)11-14-10(15-21-11)6-16-4-3-8(12(17)18)9(5-16)13(19)20/h7-9H,3-6H2,1-2H3,(H,17,18)(H,19,20). The van der Waals surface area contributed by atoms with Crippen molar-refractivity contribution in [3.05, 3.63) is 11.7 Å². The van der Waals surface area contributed by atoms with Gasteiger partial charge < -0.3 is 14.7 Å². The number of hydrogen-bond donors (Lipinski definition) is 2. The van der Waals surface area contributed by atoms with Crippen molar-refractivity contribution in [1.82, 2.24) is 15.0 Å². The van der Waals surface area contributed by atoms with Crippen molar-refractivity contribution in [2.24, 2.45) is 11.8 Å². The van der Waals surface area contributed by atoms with Crippen LogP contribution in [0.1, 0.15) is 37.9 Å². The lowest BCUT2D eigenvalue weighted by Gasteiger charge is -2.33. The van der Waals surface area contributed by atoms with Gasteiger partial charge in [0.15, 0.2) is 5.82 Å². The van der Waals surface area contributed by atoms with E-state index in [9.17, 15) is 14.7 Å². The van der Waals surface area contributed by atoms with Gasteiger partial charge in [0.05, 0.1) is 18.4 Å². The molecular formula is C13H19N3O5. The highest BCUT2D eigenvalue weighted by molar-refractivity contribution is 5.80. The SMILES string of the molecule is CC(C)c1nc(CN2CCC(C(=O)O)C(C(=O)O)C2)no1. The number of aliphatic carboxylic acids is 2. The molecule has 0 spiro atoms. The number of aromatic nitrogens is 2. The number of carboxylic acids is 2. The largest absolute Gasteiger partial charge is 0.481 e. The molecule has 2 atom stereocenters. The zero-order chi connectivity index (χ0) is 15.6. The van der Waals surface area contributed by atoms with Crippen LogP contribution in [0, 0.1) is 11.8 Å². The van der Waals surface area contributed by atoms with Gasteiger partial charge in [-0.05, 0) is 13.0 Å². The maximum atomic E-state index is 11.2. The van der Waals surface area contributed by atoms with E-state index in [1.807, 2.05) is 18.7 Å². The average Bonchev–Trinajstić information content (AvgIpc) is 2.87. The fraction of sp³-hybridized carbons (Fsp3) is 0.692. The van der Waals surface area contributed by atoms with Crippen molar-refractivity contribution in [1.29, 1.82) is 0 Å². The van der Waals surface area contributed by atoms with Gasteiger partial charge in [0.1, 0.15) is 0 Å². The van der Waals surface area contributed by atoms with Gasteiger partial charge >= 0.3 is 11.9 Å². The molecule has 1 aromatic heterocycles. The molecule has 2 heterocycles. The van der Waals surface area contributed by atoms with E-state index in [4.69, 9.17) is 9.63 Å². The first kappa shape index (κ1) is 15.4. The number of likely N-dealkylation sites (tertiary alicyclic amines) is 1. The molecule has 1 aliphatic heterocycles. The van der Waals surface area contributed by atoms with E-state index in [-0.39, 0.29) is 12.5 Å². The fourth-order valence-electron chi connectivity index (χ4n) is 2.48. The lowest BCUT2D eigenvalue weighted by Crippen LogP contribution is -2.46. The molecule has 1 aromatic rings. The predicted molar refractivity (Wildman–Crippen MR) is 70.5 cm³/mol.